The Balaban J connectivity index is 0.00000441. The second-order valence-electron chi connectivity index (χ2n) is 10.9. The van der Waals surface area contributed by atoms with Gasteiger partial charge in [0.1, 0.15) is 13.1 Å². The topological polar surface area (TPSA) is 70.8 Å². The third kappa shape index (κ3) is 11.1. The molecule has 0 aromatic heterocycles. The number of quaternary nitrogens is 2. The Morgan fingerprint density at radius 1 is 0.548 bits per heavy atom. The van der Waals surface area contributed by atoms with Crippen molar-refractivity contribution in [1.29, 1.82) is 0 Å². The fourth-order valence-corrected chi connectivity index (χ4v) is 5.62. The zero-order valence-corrected chi connectivity index (χ0v) is 29.3. The molecule has 0 N–H and O–H groups in total. The molecule has 232 valence electrons. The molecule has 2 aromatic carbocycles. The lowest BCUT2D eigenvalue weighted by Crippen LogP contribution is -2.47. The predicted octanol–water partition coefficient (Wildman–Crippen LogP) is 5.42. The first-order valence-corrected chi connectivity index (χ1v) is 15.0. The summed E-state index contributed by atoms with van der Waals surface area (Å²) >= 11 is 0. The van der Waals surface area contributed by atoms with E-state index in [9.17, 15) is 10.2 Å². The van der Waals surface area contributed by atoms with E-state index >= 15 is 0 Å². The third-order valence-electron chi connectivity index (χ3n) is 8.59. The highest BCUT2D eigenvalue weighted by Gasteiger charge is 2.24. The zero-order valence-electron chi connectivity index (χ0n) is 25.8. The summed E-state index contributed by atoms with van der Waals surface area (Å²) in [6.07, 6.45) is 4.49. The Labute approximate surface area is 274 Å². The van der Waals surface area contributed by atoms with Gasteiger partial charge in [-0.15, -0.1) is 34.0 Å². The van der Waals surface area contributed by atoms with Crippen LogP contribution >= 0.6 is 34.0 Å². The Kier molecular flexibility index (Phi) is 17.2. The molecular formula is C34H50Br2N4O2. The summed E-state index contributed by atoms with van der Waals surface area (Å²) in [5, 5.41) is 25.5. The van der Waals surface area contributed by atoms with Crippen LogP contribution in [0.4, 0.5) is 0 Å². The Morgan fingerprint density at radius 2 is 0.881 bits per heavy atom. The number of rotatable bonds is 16. The molecule has 0 atom stereocenters. The van der Waals surface area contributed by atoms with E-state index in [0.717, 1.165) is 74.2 Å². The molecule has 42 heavy (non-hydrogen) atoms. The number of benzene rings is 2. The van der Waals surface area contributed by atoms with E-state index in [0.29, 0.717) is 13.1 Å². The van der Waals surface area contributed by atoms with Crippen LogP contribution in [0.15, 0.2) is 94.3 Å². The van der Waals surface area contributed by atoms with Crippen molar-refractivity contribution in [1.82, 2.24) is 0 Å². The maximum absolute atomic E-state index is 12.7. The molecule has 0 fully saturated rings. The molecule has 0 saturated carbocycles. The summed E-state index contributed by atoms with van der Waals surface area (Å²) in [7, 11) is 0. The van der Waals surface area contributed by atoms with Gasteiger partial charge < -0.3 is 19.2 Å². The molecule has 6 nitrogen and oxygen atoms in total. The summed E-state index contributed by atoms with van der Waals surface area (Å²) in [5.74, 6) is -0.434. The molecule has 0 bridgehead atoms. The van der Waals surface area contributed by atoms with Crippen molar-refractivity contribution in [2.75, 3.05) is 52.4 Å². The molecule has 0 spiro atoms. The standard InChI is InChI=1S/C34H48N4O2.2BrH/c1-5-37(6-2,27-29-17-11-9-12-18-29)23-15-21-35-31-25-34(40)32(26-33(31)39)36-22-16-24-38(7-3,8-4)28-30-19-13-10-14-20-30;;/h9-14,17-20,25-26H,5-8,15-16,21-24,27-28H2,1-4H3;2*1H. The lowest BCUT2D eigenvalue weighted by atomic mass is 10.1. The van der Waals surface area contributed by atoms with Crippen LogP contribution < -0.4 is 10.2 Å². The van der Waals surface area contributed by atoms with Gasteiger partial charge in [-0.3, -0.25) is 9.98 Å². The Hall–Kier alpha value is -2.26. The highest BCUT2D eigenvalue weighted by molar-refractivity contribution is 8.93. The van der Waals surface area contributed by atoms with E-state index in [1.807, 2.05) is 12.1 Å². The fourth-order valence-electron chi connectivity index (χ4n) is 5.62. The number of hydrogen-bond donors (Lipinski definition) is 0. The Morgan fingerprint density at radius 3 is 1.19 bits per heavy atom. The van der Waals surface area contributed by atoms with Gasteiger partial charge in [-0.25, -0.2) is 0 Å². The third-order valence-corrected chi connectivity index (χ3v) is 8.59. The fraction of sp³-hybridized carbons (Fsp3) is 0.471. The van der Waals surface area contributed by atoms with Gasteiger partial charge in [-0.05, 0) is 39.8 Å². The van der Waals surface area contributed by atoms with Crippen LogP contribution in [0.25, 0.3) is 0 Å². The normalized spacial score (nSPS) is 15.5. The van der Waals surface area contributed by atoms with Crippen molar-refractivity contribution >= 4 is 45.4 Å². The lowest BCUT2D eigenvalue weighted by molar-refractivity contribution is -0.937. The van der Waals surface area contributed by atoms with Crippen molar-refractivity contribution in [2.45, 2.75) is 53.6 Å². The minimum atomic E-state index is -0.217. The number of halogens is 2. The van der Waals surface area contributed by atoms with Crippen molar-refractivity contribution < 1.29 is 19.2 Å². The largest absolute Gasteiger partial charge is 0.871 e. The van der Waals surface area contributed by atoms with Gasteiger partial charge in [-0.2, -0.15) is 0 Å². The van der Waals surface area contributed by atoms with Crippen molar-refractivity contribution in [3.05, 3.63) is 95.5 Å². The van der Waals surface area contributed by atoms with E-state index in [2.05, 4.69) is 86.2 Å². The second-order valence-corrected chi connectivity index (χ2v) is 10.9. The monoisotopic (exact) mass is 704 g/mol. The molecule has 0 amide bonds. The average Bonchev–Trinajstić information content (AvgIpc) is 2.99. The number of nitrogens with zero attached hydrogens (tertiary/aromatic N) is 4. The summed E-state index contributed by atoms with van der Waals surface area (Å²) < 4.78 is 1.96. The van der Waals surface area contributed by atoms with Crippen LogP contribution in [-0.4, -0.2) is 72.7 Å². The van der Waals surface area contributed by atoms with E-state index in [1.165, 1.54) is 23.3 Å². The van der Waals surface area contributed by atoms with Crippen LogP contribution in [0.2, 0.25) is 0 Å². The predicted molar refractivity (Wildman–Crippen MR) is 183 cm³/mol. The molecule has 0 radical (unpaired) electrons. The molecular weight excluding hydrogens is 656 g/mol. The molecule has 1 aliphatic carbocycles. The van der Waals surface area contributed by atoms with E-state index in [1.54, 1.807) is 0 Å². The van der Waals surface area contributed by atoms with Crippen LogP contribution in [0.5, 0.6) is 0 Å². The highest BCUT2D eigenvalue weighted by atomic mass is 79.9. The minimum Gasteiger partial charge on any atom is -0.871 e. The molecule has 2 aromatic rings. The van der Waals surface area contributed by atoms with Crippen LogP contribution in [0.1, 0.15) is 51.7 Å². The van der Waals surface area contributed by atoms with Crippen molar-refractivity contribution in [3.8, 4) is 0 Å². The van der Waals surface area contributed by atoms with Gasteiger partial charge in [-0.1, -0.05) is 72.2 Å². The van der Waals surface area contributed by atoms with Crippen molar-refractivity contribution in [3.63, 3.8) is 0 Å². The van der Waals surface area contributed by atoms with Gasteiger partial charge >= 0.3 is 0 Å². The minimum absolute atomic E-state index is 0. The van der Waals surface area contributed by atoms with Gasteiger partial charge in [0.05, 0.1) is 39.3 Å². The first-order valence-electron chi connectivity index (χ1n) is 15.0. The summed E-state index contributed by atoms with van der Waals surface area (Å²) in [4.78, 5) is 9.02. The van der Waals surface area contributed by atoms with Gasteiger partial charge in [0, 0.05) is 48.5 Å². The Bertz CT molecular complexity index is 1080. The van der Waals surface area contributed by atoms with Crippen LogP contribution in [-0.2, 0) is 13.1 Å². The van der Waals surface area contributed by atoms with Gasteiger partial charge in [0.2, 0.25) is 0 Å². The number of allylic oxidation sites excluding steroid dienone is 2. The quantitative estimate of drug-likeness (QED) is 0.133. The van der Waals surface area contributed by atoms with E-state index in [4.69, 9.17) is 0 Å². The summed E-state index contributed by atoms with van der Waals surface area (Å²) in [6.45, 7) is 18.1. The van der Waals surface area contributed by atoms with Gasteiger partial charge in [0.25, 0.3) is 0 Å². The van der Waals surface area contributed by atoms with Crippen LogP contribution in [0, 0.1) is 0 Å². The maximum Gasteiger partial charge on any atom is 0.104 e. The summed E-state index contributed by atoms with van der Waals surface area (Å²) in [6, 6.07) is 21.2. The van der Waals surface area contributed by atoms with Gasteiger partial charge in [0.15, 0.2) is 0 Å². The lowest BCUT2D eigenvalue weighted by Gasteiger charge is -2.37. The second kappa shape index (κ2) is 19.1. The summed E-state index contributed by atoms with van der Waals surface area (Å²) in [5.41, 5.74) is 3.19. The first-order chi connectivity index (χ1) is 19.4. The molecule has 0 heterocycles. The van der Waals surface area contributed by atoms with E-state index in [-0.39, 0.29) is 56.9 Å². The molecule has 0 unspecified atom stereocenters. The number of hydrogen-bond acceptors (Lipinski definition) is 4. The molecule has 3 rings (SSSR count). The highest BCUT2D eigenvalue weighted by Crippen LogP contribution is 2.17. The zero-order chi connectivity index (χ0) is 28.8. The molecule has 0 aliphatic heterocycles. The maximum atomic E-state index is 12.7. The average molecular weight is 707 g/mol. The number of aliphatic imine (C=N–C) groups is 2. The molecule has 0 saturated heterocycles. The van der Waals surface area contributed by atoms with Crippen molar-refractivity contribution in [2.24, 2.45) is 9.98 Å². The molecule has 1 aliphatic rings. The first kappa shape index (κ1) is 37.8. The SMILES string of the molecule is Br.Br.CC[N+](CC)(CCCN=C1C=C([O-])C(=NCCC[N+](CC)(CC)Cc2ccccc2)C=C1[O-])Cc1ccccc1. The molecule has 8 heteroatoms. The smallest absolute Gasteiger partial charge is 0.104 e. The van der Waals surface area contributed by atoms with E-state index < -0.39 is 0 Å². The van der Waals surface area contributed by atoms with Crippen LogP contribution in [0.3, 0.4) is 0 Å².